The molecule has 114 valence electrons. The molecule has 2 bridgehead atoms. The van der Waals surface area contributed by atoms with Gasteiger partial charge in [0.2, 0.25) is 0 Å². The van der Waals surface area contributed by atoms with Gasteiger partial charge in [-0.15, -0.1) is 0 Å². The Hall–Kier alpha value is -0.160. The van der Waals surface area contributed by atoms with Crippen molar-refractivity contribution in [1.29, 1.82) is 0 Å². The summed E-state index contributed by atoms with van der Waals surface area (Å²) < 4.78 is 17.8. The number of nitrogens with one attached hydrogen (secondary N) is 1. The van der Waals surface area contributed by atoms with E-state index in [1.54, 1.807) is 14.2 Å². The first kappa shape index (κ1) is 16.9. The molecule has 0 aromatic carbocycles. The maximum Gasteiger partial charge on any atom is 0.142 e. The second kappa shape index (κ2) is 5.32. The molecule has 19 heavy (non-hydrogen) atoms. The van der Waals surface area contributed by atoms with Gasteiger partial charge < -0.3 is 19.5 Å². The van der Waals surface area contributed by atoms with E-state index >= 15 is 0 Å². The molecule has 0 saturated carbocycles. The van der Waals surface area contributed by atoms with Crippen LogP contribution in [0.3, 0.4) is 0 Å². The summed E-state index contributed by atoms with van der Waals surface area (Å²) in [5.41, 5.74) is -1.05. The van der Waals surface area contributed by atoms with E-state index in [0.29, 0.717) is 0 Å². The highest BCUT2D eigenvalue weighted by Gasteiger charge is 2.74. The zero-order valence-corrected chi connectivity index (χ0v) is 14.0. The van der Waals surface area contributed by atoms with Gasteiger partial charge in [-0.05, 0) is 34.6 Å². The Balaban J connectivity index is 0.000000861. The van der Waals surface area contributed by atoms with E-state index in [9.17, 15) is 0 Å². The molecule has 4 heteroatoms. The molecule has 0 spiro atoms. The standard InChI is InChI=1S/C13H25NO3.C2H6/c1-8-9-10(15-6)13(17-8,11(2,3)14-9)12(4,5)16-7;1-2/h8-10,14H,1-7H3;1-2H3. The molecule has 2 rings (SSSR count). The summed E-state index contributed by atoms with van der Waals surface area (Å²) in [5.74, 6) is 0. The lowest BCUT2D eigenvalue weighted by Gasteiger charge is -2.52. The zero-order chi connectivity index (χ0) is 15.1. The predicted molar refractivity (Wildman–Crippen MR) is 77.5 cm³/mol. The van der Waals surface area contributed by atoms with E-state index in [-0.39, 0.29) is 23.8 Å². The number of hydrogen-bond acceptors (Lipinski definition) is 4. The summed E-state index contributed by atoms with van der Waals surface area (Å²) in [6.07, 6.45) is 0.157. The Morgan fingerprint density at radius 2 is 1.68 bits per heavy atom. The summed E-state index contributed by atoms with van der Waals surface area (Å²) >= 11 is 0. The van der Waals surface area contributed by atoms with Crippen LogP contribution in [-0.2, 0) is 14.2 Å². The van der Waals surface area contributed by atoms with Crippen molar-refractivity contribution in [3.05, 3.63) is 0 Å². The van der Waals surface area contributed by atoms with Gasteiger partial charge in [-0.3, -0.25) is 0 Å². The fourth-order valence-electron chi connectivity index (χ4n) is 3.85. The van der Waals surface area contributed by atoms with E-state index < -0.39 is 11.2 Å². The van der Waals surface area contributed by atoms with E-state index in [1.807, 2.05) is 13.8 Å². The lowest BCUT2D eigenvalue weighted by Crippen LogP contribution is -2.70. The molecule has 4 atom stereocenters. The molecule has 0 amide bonds. The molecule has 2 saturated heterocycles. The first-order valence-electron chi connectivity index (χ1n) is 7.27. The number of ether oxygens (including phenoxy) is 3. The highest BCUT2D eigenvalue weighted by atomic mass is 16.6. The van der Waals surface area contributed by atoms with Crippen molar-refractivity contribution >= 4 is 0 Å². The monoisotopic (exact) mass is 273 g/mol. The number of fused-ring (bicyclic) bond motifs is 2. The topological polar surface area (TPSA) is 39.7 Å². The van der Waals surface area contributed by atoms with E-state index in [4.69, 9.17) is 14.2 Å². The second-order valence-electron chi connectivity index (χ2n) is 6.22. The number of morpholine rings is 1. The summed E-state index contributed by atoms with van der Waals surface area (Å²) in [6, 6.07) is 0.226. The molecule has 2 aliphatic heterocycles. The van der Waals surface area contributed by atoms with Crippen LogP contribution in [-0.4, -0.2) is 49.2 Å². The van der Waals surface area contributed by atoms with Crippen LogP contribution >= 0.6 is 0 Å². The zero-order valence-electron chi connectivity index (χ0n) is 14.0. The van der Waals surface area contributed by atoms with Gasteiger partial charge in [-0.2, -0.15) is 0 Å². The molecular formula is C15H31NO3. The maximum atomic E-state index is 6.31. The van der Waals surface area contributed by atoms with E-state index in [0.717, 1.165) is 0 Å². The van der Waals surface area contributed by atoms with Gasteiger partial charge in [-0.25, -0.2) is 0 Å². The lowest BCUT2D eigenvalue weighted by molar-refractivity contribution is -0.233. The normalized spacial score (nSPS) is 39.9. The molecule has 0 radical (unpaired) electrons. The highest BCUT2D eigenvalue weighted by Crippen LogP contribution is 2.53. The molecule has 2 heterocycles. The molecule has 2 aliphatic rings. The predicted octanol–water partition coefficient (Wildman–Crippen LogP) is 2.36. The largest absolute Gasteiger partial charge is 0.377 e. The fourth-order valence-corrected chi connectivity index (χ4v) is 3.85. The van der Waals surface area contributed by atoms with Crippen LogP contribution in [0.5, 0.6) is 0 Å². The van der Waals surface area contributed by atoms with Crippen LogP contribution in [0.2, 0.25) is 0 Å². The average molecular weight is 273 g/mol. The van der Waals surface area contributed by atoms with Crippen molar-refractivity contribution in [1.82, 2.24) is 5.32 Å². The minimum absolute atomic E-state index is 0.0162. The Morgan fingerprint density at radius 3 is 2.11 bits per heavy atom. The van der Waals surface area contributed by atoms with Gasteiger partial charge in [0.15, 0.2) is 0 Å². The van der Waals surface area contributed by atoms with Gasteiger partial charge in [0.25, 0.3) is 0 Å². The van der Waals surface area contributed by atoms with Gasteiger partial charge in [0.1, 0.15) is 11.7 Å². The fraction of sp³-hybridized carbons (Fsp3) is 1.00. The van der Waals surface area contributed by atoms with Crippen molar-refractivity contribution < 1.29 is 14.2 Å². The number of hydrogen-bond donors (Lipinski definition) is 1. The lowest BCUT2D eigenvalue weighted by atomic mass is 9.71. The second-order valence-corrected chi connectivity index (χ2v) is 6.22. The highest BCUT2D eigenvalue weighted by molar-refractivity contribution is 5.28. The van der Waals surface area contributed by atoms with Gasteiger partial charge in [0.05, 0.1) is 17.7 Å². The Kier molecular flexibility index (Phi) is 4.73. The van der Waals surface area contributed by atoms with E-state index in [1.165, 1.54) is 0 Å². The Morgan fingerprint density at radius 1 is 1.16 bits per heavy atom. The van der Waals surface area contributed by atoms with Crippen LogP contribution in [0.25, 0.3) is 0 Å². The van der Waals surface area contributed by atoms with Crippen molar-refractivity contribution in [3.63, 3.8) is 0 Å². The van der Waals surface area contributed by atoms with Crippen molar-refractivity contribution in [2.45, 2.75) is 83.5 Å². The van der Waals surface area contributed by atoms with Crippen LogP contribution in [0.4, 0.5) is 0 Å². The van der Waals surface area contributed by atoms with Crippen molar-refractivity contribution in [3.8, 4) is 0 Å². The van der Waals surface area contributed by atoms with Crippen LogP contribution < -0.4 is 5.32 Å². The SMILES string of the molecule is CC.COC1C2NC(C)(C)C1(C(C)(C)OC)OC2C. The third-order valence-corrected chi connectivity index (χ3v) is 4.72. The first-order chi connectivity index (χ1) is 8.73. The smallest absolute Gasteiger partial charge is 0.142 e. The Labute approximate surface area is 118 Å². The van der Waals surface area contributed by atoms with Gasteiger partial charge in [0, 0.05) is 19.8 Å². The molecule has 4 nitrogen and oxygen atoms in total. The third-order valence-electron chi connectivity index (χ3n) is 4.72. The van der Waals surface area contributed by atoms with Gasteiger partial charge in [-0.1, -0.05) is 13.8 Å². The Bertz CT molecular complexity index is 317. The van der Waals surface area contributed by atoms with Crippen LogP contribution in [0.1, 0.15) is 48.5 Å². The summed E-state index contributed by atoms with van der Waals surface area (Å²) in [4.78, 5) is 0. The molecule has 0 aromatic heterocycles. The summed E-state index contributed by atoms with van der Waals surface area (Å²) in [5, 5.41) is 3.63. The average Bonchev–Trinajstić information content (AvgIpc) is 2.77. The quantitative estimate of drug-likeness (QED) is 0.857. The summed E-state index contributed by atoms with van der Waals surface area (Å²) in [6.45, 7) is 14.6. The third kappa shape index (κ3) is 2.04. The molecule has 0 aliphatic carbocycles. The maximum absolute atomic E-state index is 6.31. The van der Waals surface area contributed by atoms with Crippen LogP contribution in [0.15, 0.2) is 0 Å². The van der Waals surface area contributed by atoms with Crippen LogP contribution in [0, 0.1) is 0 Å². The number of rotatable bonds is 3. The van der Waals surface area contributed by atoms with Gasteiger partial charge >= 0.3 is 0 Å². The number of methoxy groups -OCH3 is 2. The summed E-state index contributed by atoms with van der Waals surface area (Å²) in [7, 11) is 3.49. The molecule has 1 N–H and O–H groups in total. The minimum Gasteiger partial charge on any atom is -0.377 e. The van der Waals surface area contributed by atoms with Crippen molar-refractivity contribution in [2.75, 3.05) is 14.2 Å². The molecule has 2 fully saturated rings. The molecule has 0 aromatic rings. The van der Waals surface area contributed by atoms with E-state index in [2.05, 4.69) is 39.9 Å². The first-order valence-corrected chi connectivity index (χ1v) is 7.27. The van der Waals surface area contributed by atoms with Crippen molar-refractivity contribution in [2.24, 2.45) is 0 Å². The minimum atomic E-state index is -0.465. The molecule has 4 unspecified atom stereocenters. The molecular weight excluding hydrogens is 242 g/mol.